The Balaban J connectivity index is 1.80. The summed E-state index contributed by atoms with van der Waals surface area (Å²) in [5.74, 6) is 0.204. The van der Waals surface area contributed by atoms with Gasteiger partial charge in [-0.3, -0.25) is 9.78 Å². The summed E-state index contributed by atoms with van der Waals surface area (Å²) in [5, 5.41) is 0.739. The van der Waals surface area contributed by atoms with Crippen LogP contribution < -0.4 is 4.74 Å². The molecule has 0 atom stereocenters. The van der Waals surface area contributed by atoms with Gasteiger partial charge in [0.15, 0.2) is 12.0 Å². The Morgan fingerprint density at radius 2 is 1.94 bits per heavy atom. The molecule has 0 radical (unpaired) electrons. The second-order valence-corrected chi connectivity index (χ2v) is 9.76. The van der Waals surface area contributed by atoms with Gasteiger partial charge in [0, 0.05) is 24.7 Å². The van der Waals surface area contributed by atoms with Crippen molar-refractivity contribution in [1.29, 1.82) is 0 Å². The predicted octanol–water partition coefficient (Wildman–Crippen LogP) is 3.71. The quantitative estimate of drug-likeness (QED) is 0.544. The summed E-state index contributed by atoms with van der Waals surface area (Å²) >= 11 is 0. The first-order valence-electron chi connectivity index (χ1n) is 10.1. The van der Waals surface area contributed by atoms with Crippen LogP contribution in [-0.2, 0) is 23.0 Å². The Kier molecular flexibility index (Phi) is 6.02. The Labute approximate surface area is 180 Å². The third kappa shape index (κ3) is 4.45. The van der Waals surface area contributed by atoms with Gasteiger partial charge in [-0.05, 0) is 60.2 Å². The van der Waals surface area contributed by atoms with E-state index in [9.17, 15) is 17.6 Å². The van der Waals surface area contributed by atoms with E-state index >= 15 is 0 Å². The summed E-state index contributed by atoms with van der Waals surface area (Å²) in [6, 6.07) is 9.88. The Hall–Kier alpha value is -2.84. The van der Waals surface area contributed by atoms with Gasteiger partial charge < -0.3 is 4.74 Å². The molecular weight excluding hydrogens is 419 g/mol. The number of hydrogen-bond acceptors (Lipinski definition) is 5. The molecule has 1 aliphatic rings. The van der Waals surface area contributed by atoms with Crippen molar-refractivity contribution in [2.45, 2.75) is 25.8 Å². The molecule has 0 unspecified atom stereocenters. The zero-order valence-corrected chi connectivity index (χ0v) is 18.0. The van der Waals surface area contributed by atoms with Gasteiger partial charge in [-0.1, -0.05) is 12.1 Å². The molecule has 1 saturated heterocycles. The molecule has 0 aliphatic carbocycles. The van der Waals surface area contributed by atoms with Crippen LogP contribution in [0.15, 0.2) is 42.6 Å². The van der Waals surface area contributed by atoms with E-state index in [1.54, 1.807) is 24.4 Å². The third-order valence-electron chi connectivity index (χ3n) is 5.55. The van der Waals surface area contributed by atoms with Crippen LogP contribution in [-0.4, -0.2) is 43.4 Å². The van der Waals surface area contributed by atoms with Crippen molar-refractivity contribution >= 4 is 27.2 Å². The first kappa shape index (κ1) is 21.4. The van der Waals surface area contributed by atoms with E-state index in [0.29, 0.717) is 48.1 Å². The van der Waals surface area contributed by atoms with Crippen molar-refractivity contribution < 1.29 is 22.3 Å². The normalized spacial score (nSPS) is 16.3. The number of fused-ring (bicyclic) bond motifs is 1. The molecule has 3 aromatic rings. The van der Waals surface area contributed by atoms with Gasteiger partial charge in [-0.15, -0.1) is 0 Å². The second-order valence-electron chi connectivity index (χ2n) is 7.68. The summed E-state index contributed by atoms with van der Waals surface area (Å²) in [5.41, 5.74) is 3.37. The van der Waals surface area contributed by atoms with Crippen LogP contribution in [0.5, 0.6) is 5.75 Å². The summed E-state index contributed by atoms with van der Waals surface area (Å²) in [7, 11) is -1.85. The number of halogens is 1. The number of aldehydes is 1. The average Bonchev–Trinajstić information content (AvgIpc) is 2.76. The van der Waals surface area contributed by atoms with Crippen molar-refractivity contribution in [1.82, 2.24) is 9.29 Å². The van der Waals surface area contributed by atoms with Crippen LogP contribution in [0.1, 0.15) is 39.9 Å². The first-order valence-corrected chi connectivity index (χ1v) is 11.7. The largest absolute Gasteiger partial charge is 0.494 e. The van der Waals surface area contributed by atoms with Gasteiger partial charge in [0.2, 0.25) is 10.0 Å². The standard InChI is InChI=1S/C23H23FN2O4S/c1-30-23-19(15-27)12-18(14-26-8-2-3-9-31(26,28)29)21-11-17(13-25-22(21)23)10-16-4-6-20(24)7-5-16/h4-7,11-13,15H,2-3,8-10,14H2,1H3. The lowest BCUT2D eigenvalue weighted by Gasteiger charge is -2.27. The maximum absolute atomic E-state index is 13.2. The number of benzene rings is 2. The van der Waals surface area contributed by atoms with Gasteiger partial charge in [0.05, 0.1) is 18.4 Å². The zero-order valence-electron chi connectivity index (χ0n) is 17.2. The highest BCUT2D eigenvalue weighted by atomic mass is 32.2. The van der Waals surface area contributed by atoms with Gasteiger partial charge in [-0.2, -0.15) is 4.31 Å². The molecule has 8 heteroatoms. The van der Waals surface area contributed by atoms with Crippen molar-refractivity contribution in [3.63, 3.8) is 0 Å². The Bertz CT molecular complexity index is 1230. The number of carbonyl (C=O) groups is 1. The van der Waals surface area contributed by atoms with Crippen molar-refractivity contribution in [2.75, 3.05) is 19.4 Å². The van der Waals surface area contributed by atoms with Crippen LogP contribution in [0, 0.1) is 5.82 Å². The minimum atomic E-state index is -3.33. The van der Waals surface area contributed by atoms with Crippen LogP contribution in [0.4, 0.5) is 4.39 Å². The lowest BCUT2D eigenvalue weighted by molar-refractivity contribution is 0.112. The van der Waals surface area contributed by atoms with E-state index in [1.807, 2.05) is 6.07 Å². The van der Waals surface area contributed by atoms with E-state index in [4.69, 9.17) is 4.74 Å². The second kappa shape index (κ2) is 8.72. The number of hydrogen-bond donors (Lipinski definition) is 0. The molecule has 2 heterocycles. The lowest BCUT2D eigenvalue weighted by Crippen LogP contribution is -2.37. The number of methoxy groups -OCH3 is 1. The fraction of sp³-hybridized carbons (Fsp3) is 0.304. The van der Waals surface area contributed by atoms with Gasteiger partial charge >= 0.3 is 0 Å². The molecule has 31 heavy (non-hydrogen) atoms. The summed E-state index contributed by atoms with van der Waals surface area (Å²) in [6.07, 6.45) is 4.40. The molecular formula is C23H23FN2O4S. The molecule has 2 aromatic carbocycles. The smallest absolute Gasteiger partial charge is 0.214 e. The number of rotatable bonds is 6. The van der Waals surface area contributed by atoms with Gasteiger partial charge in [-0.25, -0.2) is 12.8 Å². The number of ether oxygens (including phenoxy) is 1. The Morgan fingerprint density at radius 1 is 1.16 bits per heavy atom. The minimum Gasteiger partial charge on any atom is -0.494 e. The van der Waals surface area contributed by atoms with Crippen molar-refractivity contribution in [3.8, 4) is 5.75 Å². The molecule has 4 rings (SSSR count). The van der Waals surface area contributed by atoms with Gasteiger partial charge in [0.25, 0.3) is 0 Å². The number of carbonyl (C=O) groups excluding carboxylic acids is 1. The number of aromatic nitrogens is 1. The van der Waals surface area contributed by atoms with Crippen LogP contribution in [0.3, 0.4) is 0 Å². The number of nitrogens with zero attached hydrogens (tertiary/aromatic N) is 2. The first-order chi connectivity index (χ1) is 14.9. The molecule has 0 spiro atoms. The monoisotopic (exact) mass is 442 g/mol. The van der Waals surface area contributed by atoms with E-state index in [2.05, 4.69) is 4.98 Å². The highest BCUT2D eigenvalue weighted by Gasteiger charge is 2.27. The number of pyridine rings is 1. The summed E-state index contributed by atoms with van der Waals surface area (Å²) in [4.78, 5) is 16.2. The summed E-state index contributed by atoms with van der Waals surface area (Å²) < 4.78 is 45.2. The zero-order chi connectivity index (χ0) is 22.0. The van der Waals surface area contributed by atoms with Crippen LogP contribution in [0.2, 0.25) is 0 Å². The SMILES string of the molecule is COc1c(C=O)cc(CN2CCCCS2(=O)=O)c2cc(Cc3ccc(F)cc3)cnc12. The molecule has 1 fully saturated rings. The molecule has 0 saturated carbocycles. The topological polar surface area (TPSA) is 76.6 Å². The fourth-order valence-electron chi connectivity index (χ4n) is 3.98. The molecule has 162 valence electrons. The van der Waals surface area contributed by atoms with Crippen LogP contribution >= 0.6 is 0 Å². The van der Waals surface area contributed by atoms with E-state index in [0.717, 1.165) is 22.9 Å². The maximum Gasteiger partial charge on any atom is 0.214 e. The maximum atomic E-state index is 13.2. The van der Waals surface area contributed by atoms with Crippen molar-refractivity contribution in [2.24, 2.45) is 0 Å². The van der Waals surface area contributed by atoms with Crippen LogP contribution in [0.25, 0.3) is 10.9 Å². The Morgan fingerprint density at radius 3 is 2.61 bits per heavy atom. The highest BCUT2D eigenvalue weighted by molar-refractivity contribution is 7.89. The molecule has 0 N–H and O–H groups in total. The molecule has 6 nitrogen and oxygen atoms in total. The minimum absolute atomic E-state index is 0.135. The van der Waals surface area contributed by atoms with Crippen molar-refractivity contribution in [3.05, 3.63) is 70.7 Å². The fourth-order valence-corrected chi connectivity index (χ4v) is 5.55. The average molecular weight is 443 g/mol. The molecule has 0 amide bonds. The predicted molar refractivity (Wildman–Crippen MR) is 116 cm³/mol. The molecule has 1 aromatic heterocycles. The lowest BCUT2D eigenvalue weighted by atomic mass is 9.99. The third-order valence-corrected chi connectivity index (χ3v) is 7.45. The van der Waals surface area contributed by atoms with E-state index in [1.165, 1.54) is 23.5 Å². The van der Waals surface area contributed by atoms with Gasteiger partial charge in [0.1, 0.15) is 11.3 Å². The van der Waals surface area contributed by atoms with E-state index in [-0.39, 0.29) is 18.1 Å². The molecule has 1 aliphatic heterocycles. The molecule has 0 bridgehead atoms. The number of sulfonamides is 1. The van der Waals surface area contributed by atoms with E-state index < -0.39 is 10.0 Å². The highest BCUT2D eigenvalue weighted by Crippen LogP contribution is 2.33. The summed E-state index contributed by atoms with van der Waals surface area (Å²) in [6.45, 7) is 0.625.